The Kier molecular flexibility index (Phi) is 5.14. The molecule has 0 unspecified atom stereocenters. The Balaban J connectivity index is 1.57. The van der Waals surface area contributed by atoms with Crippen molar-refractivity contribution >= 4 is 31.9 Å². The lowest BCUT2D eigenvalue weighted by atomic mass is 9.63. The molecule has 7 heteroatoms. The molecule has 3 fully saturated rings. The van der Waals surface area contributed by atoms with Gasteiger partial charge in [0, 0.05) is 29.0 Å². The van der Waals surface area contributed by atoms with Crippen LogP contribution < -0.4 is 4.72 Å². The highest BCUT2D eigenvalue weighted by atomic mass is 79.9. The lowest BCUT2D eigenvalue weighted by Gasteiger charge is -2.52. The number of carbonyl (C=O) groups excluding carboxylic acids is 1. The molecule has 27 heavy (non-hydrogen) atoms. The van der Waals surface area contributed by atoms with Gasteiger partial charge in [-0.2, -0.15) is 0 Å². The highest BCUT2D eigenvalue weighted by molar-refractivity contribution is 9.10. The maximum atomic E-state index is 12.9. The molecule has 2 saturated heterocycles. The minimum atomic E-state index is -3.54. The maximum absolute atomic E-state index is 12.9. The second-order valence-corrected chi connectivity index (χ2v) is 11.0. The smallest absolute Gasteiger partial charge is 0.240 e. The normalized spacial score (nSPS) is 34.1. The summed E-state index contributed by atoms with van der Waals surface area (Å²) in [6.45, 7) is 3.05. The molecule has 4 rings (SSSR count). The number of carbonyl (C=O) groups is 1. The summed E-state index contributed by atoms with van der Waals surface area (Å²) in [4.78, 5) is 15.0. The van der Waals surface area contributed by atoms with Gasteiger partial charge in [0.2, 0.25) is 15.9 Å². The summed E-state index contributed by atoms with van der Waals surface area (Å²) in [5.41, 5.74) is -0.0352. The van der Waals surface area contributed by atoms with Crippen molar-refractivity contribution in [2.45, 2.75) is 68.3 Å². The Hall–Kier alpha value is -0.920. The fraction of sp³-hybridized carbons (Fsp3) is 0.650. The highest BCUT2D eigenvalue weighted by Crippen LogP contribution is 2.51. The third-order valence-corrected chi connectivity index (χ3v) is 9.05. The van der Waals surface area contributed by atoms with Gasteiger partial charge in [-0.25, -0.2) is 13.1 Å². The van der Waals surface area contributed by atoms with Crippen LogP contribution in [0.3, 0.4) is 0 Å². The van der Waals surface area contributed by atoms with E-state index in [1.54, 1.807) is 24.3 Å². The molecule has 2 aliphatic heterocycles. The molecule has 1 N–H and O–H groups in total. The number of hydrogen-bond acceptors (Lipinski definition) is 3. The van der Waals surface area contributed by atoms with Crippen LogP contribution in [-0.4, -0.2) is 37.4 Å². The Labute approximate surface area is 170 Å². The van der Waals surface area contributed by atoms with Crippen LogP contribution in [0.1, 0.15) is 51.9 Å². The largest absolute Gasteiger partial charge is 0.337 e. The van der Waals surface area contributed by atoms with E-state index >= 15 is 0 Å². The standard InChI is InChI=1S/C20H27BrN2O3S/c1-14-17-4-2-5-19(24)23-13-3-11-20(17,23)12-10-18(14)22-27(25,26)16-8-6-15(21)7-9-16/h6-9,14,17-18,22H,2-5,10-13H2,1H3/t14-,17+,18+,20-/m1/s1. The zero-order valence-corrected chi connectivity index (χ0v) is 18.1. The van der Waals surface area contributed by atoms with Crippen LogP contribution in [-0.2, 0) is 14.8 Å². The minimum absolute atomic E-state index is 0.0352. The number of amides is 1. The van der Waals surface area contributed by atoms with Crippen LogP contribution in [0, 0.1) is 11.8 Å². The molecule has 2 heterocycles. The average molecular weight is 455 g/mol. The van der Waals surface area contributed by atoms with Crippen molar-refractivity contribution in [1.29, 1.82) is 0 Å². The van der Waals surface area contributed by atoms with E-state index in [1.807, 2.05) is 0 Å². The van der Waals surface area contributed by atoms with Crippen molar-refractivity contribution in [2.75, 3.05) is 6.54 Å². The van der Waals surface area contributed by atoms with Gasteiger partial charge in [0.1, 0.15) is 0 Å². The van der Waals surface area contributed by atoms with E-state index in [0.717, 1.165) is 49.5 Å². The van der Waals surface area contributed by atoms with Crippen LogP contribution in [0.2, 0.25) is 0 Å². The topological polar surface area (TPSA) is 66.5 Å². The van der Waals surface area contributed by atoms with Crippen molar-refractivity contribution in [2.24, 2.45) is 11.8 Å². The summed E-state index contributed by atoms with van der Waals surface area (Å²) in [5, 5.41) is 0. The van der Waals surface area contributed by atoms with Crippen LogP contribution >= 0.6 is 15.9 Å². The van der Waals surface area contributed by atoms with Gasteiger partial charge in [-0.05, 0) is 74.6 Å². The highest BCUT2D eigenvalue weighted by Gasteiger charge is 2.55. The monoisotopic (exact) mass is 454 g/mol. The van der Waals surface area contributed by atoms with Gasteiger partial charge in [-0.15, -0.1) is 0 Å². The third kappa shape index (κ3) is 3.36. The summed E-state index contributed by atoms with van der Waals surface area (Å²) in [5.74, 6) is 0.893. The molecule has 3 aliphatic rings. The zero-order valence-electron chi connectivity index (χ0n) is 15.7. The molecule has 1 amide bonds. The number of hydrogen-bond donors (Lipinski definition) is 1. The lowest BCUT2D eigenvalue weighted by molar-refractivity contribution is -0.138. The maximum Gasteiger partial charge on any atom is 0.240 e. The summed E-state index contributed by atoms with van der Waals surface area (Å²) in [6.07, 6.45) is 6.40. The molecule has 0 bridgehead atoms. The van der Waals surface area contributed by atoms with Crippen molar-refractivity contribution < 1.29 is 13.2 Å². The van der Waals surface area contributed by atoms with E-state index in [9.17, 15) is 13.2 Å². The first-order valence-electron chi connectivity index (χ1n) is 9.92. The van der Waals surface area contributed by atoms with E-state index in [4.69, 9.17) is 0 Å². The number of halogens is 1. The SMILES string of the molecule is C[C@H]1[C@@H](NS(=O)(=O)c2ccc(Br)cc2)CC[C@@]23CCCN2C(=O)CCC[C@@H]13. The Bertz CT molecular complexity index is 826. The second kappa shape index (κ2) is 7.16. The average Bonchev–Trinajstić information content (AvgIpc) is 2.99. The van der Waals surface area contributed by atoms with Crippen LogP contribution in [0.4, 0.5) is 0 Å². The van der Waals surface area contributed by atoms with Crippen molar-refractivity contribution in [1.82, 2.24) is 9.62 Å². The molecule has 1 aliphatic carbocycles. The number of nitrogens with one attached hydrogen (secondary N) is 1. The minimum Gasteiger partial charge on any atom is -0.337 e. The summed E-state index contributed by atoms with van der Waals surface area (Å²) in [7, 11) is -3.54. The predicted octanol–water partition coefficient (Wildman–Crippen LogP) is 3.69. The molecule has 1 aromatic rings. The van der Waals surface area contributed by atoms with E-state index < -0.39 is 10.0 Å². The fourth-order valence-electron chi connectivity index (χ4n) is 5.73. The van der Waals surface area contributed by atoms with Gasteiger partial charge in [0.15, 0.2) is 0 Å². The van der Waals surface area contributed by atoms with Crippen LogP contribution in [0.5, 0.6) is 0 Å². The molecular weight excluding hydrogens is 428 g/mol. The molecule has 1 saturated carbocycles. The number of rotatable bonds is 3. The van der Waals surface area contributed by atoms with Gasteiger partial charge in [-0.1, -0.05) is 22.9 Å². The quantitative estimate of drug-likeness (QED) is 0.756. The molecular formula is C20H27BrN2O3S. The van der Waals surface area contributed by atoms with Gasteiger partial charge in [0.05, 0.1) is 4.90 Å². The summed E-state index contributed by atoms with van der Waals surface area (Å²) < 4.78 is 29.6. The molecule has 0 aromatic heterocycles. The fourth-order valence-corrected chi connectivity index (χ4v) is 7.36. The Morgan fingerprint density at radius 1 is 1.15 bits per heavy atom. The van der Waals surface area contributed by atoms with E-state index in [0.29, 0.717) is 23.1 Å². The number of benzene rings is 1. The molecule has 5 nitrogen and oxygen atoms in total. The summed E-state index contributed by atoms with van der Waals surface area (Å²) >= 11 is 3.35. The van der Waals surface area contributed by atoms with E-state index in [-0.39, 0.29) is 17.5 Å². The molecule has 4 atom stereocenters. The number of nitrogens with zero attached hydrogens (tertiary/aromatic N) is 1. The van der Waals surface area contributed by atoms with Gasteiger partial charge < -0.3 is 4.90 Å². The number of sulfonamides is 1. The lowest BCUT2D eigenvalue weighted by Crippen LogP contribution is -2.59. The van der Waals surface area contributed by atoms with Crippen LogP contribution in [0.15, 0.2) is 33.6 Å². The molecule has 1 spiro atoms. The molecule has 148 valence electrons. The van der Waals surface area contributed by atoms with Crippen molar-refractivity contribution in [3.8, 4) is 0 Å². The Morgan fingerprint density at radius 2 is 1.89 bits per heavy atom. The van der Waals surface area contributed by atoms with E-state index in [2.05, 4.69) is 32.5 Å². The predicted molar refractivity (Wildman–Crippen MR) is 108 cm³/mol. The van der Waals surface area contributed by atoms with Gasteiger partial charge in [-0.3, -0.25) is 4.79 Å². The first-order valence-corrected chi connectivity index (χ1v) is 12.2. The molecule has 0 radical (unpaired) electrons. The van der Waals surface area contributed by atoms with Crippen molar-refractivity contribution in [3.05, 3.63) is 28.7 Å². The van der Waals surface area contributed by atoms with Gasteiger partial charge in [0.25, 0.3) is 0 Å². The molecule has 1 aromatic carbocycles. The van der Waals surface area contributed by atoms with Gasteiger partial charge >= 0.3 is 0 Å². The first-order chi connectivity index (χ1) is 12.8. The van der Waals surface area contributed by atoms with Crippen LogP contribution in [0.25, 0.3) is 0 Å². The van der Waals surface area contributed by atoms with E-state index in [1.165, 1.54) is 0 Å². The Morgan fingerprint density at radius 3 is 2.63 bits per heavy atom. The van der Waals surface area contributed by atoms with Crippen molar-refractivity contribution in [3.63, 3.8) is 0 Å². The second-order valence-electron chi connectivity index (χ2n) is 8.33. The zero-order chi connectivity index (χ0) is 19.2. The third-order valence-electron chi connectivity index (χ3n) is 7.01. The first kappa shape index (κ1) is 19.4. The summed E-state index contributed by atoms with van der Waals surface area (Å²) in [6, 6.07) is 6.68.